The number of nitrogens with one attached hydrogen (secondary N) is 1. The van der Waals surface area contributed by atoms with Crippen LogP contribution in [0.25, 0.3) is 0 Å². The monoisotopic (exact) mass is 321 g/mol. The number of hydrogen-bond acceptors (Lipinski definition) is 4. The maximum absolute atomic E-state index is 13.1. The van der Waals surface area contributed by atoms with Gasteiger partial charge in [-0.15, -0.1) is 0 Å². The highest BCUT2D eigenvalue weighted by Gasteiger charge is 2.26. The van der Waals surface area contributed by atoms with E-state index in [1.54, 1.807) is 0 Å². The summed E-state index contributed by atoms with van der Waals surface area (Å²) in [4.78, 5) is 20.2. The molecule has 1 unspecified atom stereocenters. The molecule has 114 valence electrons. The summed E-state index contributed by atoms with van der Waals surface area (Å²) in [5.74, 6) is -0.0821. The van der Waals surface area contributed by atoms with Crippen LogP contribution in [0.2, 0.25) is 0 Å². The smallest absolute Gasteiger partial charge is 0.258 e. The summed E-state index contributed by atoms with van der Waals surface area (Å²) in [6, 6.07) is 3.23. The van der Waals surface area contributed by atoms with Gasteiger partial charge in [0.1, 0.15) is 11.6 Å². The molecule has 1 heterocycles. The lowest BCUT2D eigenvalue weighted by Crippen LogP contribution is -2.14. The number of aromatic nitrogens is 2. The SMILES string of the molecule is O=C(Nc1ccc(F)cc1S(=O)O)c1cnc(C2CC2)nc1. The van der Waals surface area contributed by atoms with Gasteiger partial charge in [0.05, 0.1) is 16.1 Å². The van der Waals surface area contributed by atoms with Gasteiger partial charge >= 0.3 is 0 Å². The van der Waals surface area contributed by atoms with E-state index in [9.17, 15) is 13.4 Å². The van der Waals surface area contributed by atoms with Gasteiger partial charge in [-0.25, -0.2) is 18.6 Å². The van der Waals surface area contributed by atoms with Gasteiger partial charge in [-0.05, 0) is 31.0 Å². The van der Waals surface area contributed by atoms with Crippen molar-refractivity contribution in [2.45, 2.75) is 23.7 Å². The van der Waals surface area contributed by atoms with Crippen molar-refractivity contribution in [1.29, 1.82) is 0 Å². The quantitative estimate of drug-likeness (QED) is 0.843. The van der Waals surface area contributed by atoms with E-state index in [-0.39, 0.29) is 16.1 Å². The van der Waals surface area contributed by atoms with Crippen LogP contribution in [0.1, 0.15) is 34.9 Å². The number of halogens is 1. The number of carbonyl (C=O) groups excluding carboxylic acids is 1. The van der Waals surface area contributed by atoms with Gasteiger partial charge in [-0.2, -0.15) is 0 Å². The van der Waals surface area contributed by atoms with Crippen molar-refractivity contribution < 1.29 is 17.9 Å². The summed E-state index contributed by atoms with van der Waals surface area (Å²) in [6.07, 6.45) is 4.95. The van der Waals surface area contributed by atoms with E-state index in [1.807, 2.05) is 0 Å². The lowest BCUT2D eigenvalue weighted by molar-refractivity contribution is 0.102. The van der Waals surface area contributed by atoms with E-state index in [2.05, 4.69) is 15.3 Å². The van der Waals surface area contributed by atoms with Crippen LogP contribution in [0, 0.1) is 5.82 Å². The number of rotatable bonds is 4. The molecule has 3 rings (SSSR count). The lowest BCUT2D eigenvalue weighted by atomic mass is 10.2. The Kier molecular flexibility index (Phi) is 3.95. The zero-order chi connectivity index (χ0) is 15.7. The largest absolute Gasteiger partial charge is 0.321 e. The van der Waals surface area contributed by atoms with Crippen molar-refractivity contribution in [3.8, 4) is 0 Å². The number of hydrogen-bond donors (Lipinski definition) is 2. The maximum atomic E-state index is 13.1. The molecule has 0 aliphatic heterocycles. The van der Waals surface area contributed by atoms with Crippen molar-refractivity contribution in [3.63, 3.8) is 0 Å². The van der Waals surface area contributed by atoms with Crippen LogP contribution >= 0.6 is 0 Å². The Morgan fingerprint density at radius 1 is 1.32 bits per heavy atom. The molecule has 0 saturated heterocycles. The summed E-state index contributed by atoms with van der Waals surface area (Å²) < 4.78 is 33.4. The first kappa shape index (κ1) is 14.7. The second-order valence-electron chi connectivity index (χ2n) is 4.95. The molecule has 0 bridgehead atoms. The molecule has 22 heavy (non-hydrogen) atoms. The van der Waals surface area contributed by atoms with E-state index in [1.165, 1.54) is 18.5 Å². The van der Waals surface area contributed by atoms with Gasteiger partial charge in [0.15, 0.2) is 11.1 Å². The van der Waals surface area contributed by atoms with Crippen molar-refractivity contribution in [2.24, 2.45) is 0 Å². The summed E-state index contributed by atoms with van der Waals surface area (Å²) in [7, 11) is 0. The predicted molar refractivity (Wildman–Crippen MR) is 77.4 cm³/mol. The van der Waals surface area contributed by atoms with Crippen molar-refractivity contribution >= 4 is 22.7 Å². The summed E-state index contributed by atoms with van der Waals surface area (Å²) in [6.45, 7) is 0. The minimum absolute atomic E-state index is 0.0681. The average molecular weight is 321 g/mol. The topological polar surface area (TPSA) is 92.2 Å². The second kappa shape index (κ2) is 5.90. The first-order valence-corrected chi connectivity index (χ1v) is 7.69. The first-order chi connectivity index (χ1) is 10.5. The first-order valence-electron chi connectivity index (χ1n) is 6.58. The van der Waals surface area contributed by atoms with Crippen LogP contribution in [0.15, 0.2) is 35.5 Å². The molecule has 2 N–H and O–H groups in total. The Morgan fingerprint density at radius 3 is 2.59 bits per heavy atom. The molecule has 1 amide bonds. The molecule has 1 fully saturated rings. The number of carbonyl (C=O) groups is 1. The number of nitrogens with zero attached hydrogens (tertiary/aromatic N) is 2. The maximum Gasteiger partial charge on any atom is 0.258 e. The molecule has 0 spiro atoms. The number of amides is 1. The molecule has 2 aromatic rings. The van der Waals surface area contributed by atoms with Gasteiger partial charge in [0, 0.05) is 18.3 Å². The number of anilines is 1. The van der Waals surface area contributed by atoms with Crippen LogP contribution in [0.4, 0.5) is 10.1 Å². The van der Waals surface area contributed by atoms with Crippen LogP contribution in [0.3, 0.4) is 0 Å². The van der Waals surface area contributed by atoms with Gasteiger partial charge in [0.25, 0.3) is 5.91 Å². The third kappa shape index (κ3) is 3.18. The summed E-state index contributed by atoms with van der Waals surface area (Å²) >= 11 is -2.41. The Bertz CT molecular complexity index is 747. The molecule has 6 nitrogen and oxygen atoms in total. The second-order valence-corrected chi connectivity index (χ2v) is 5.89. The van der Waals surface area contributed by atoms with Gasteiger partial charge in [0.2, 0.25) is 0 Å². The molecular formula is C14H12FN3O3S. The van der Waals surface area contributed by atoms with E-state index >= 15 is 0 Å². The highest BCUT2D eigenvalue weighted by Crippen LogP contribution is 2.37. The van der Waals surface area contributed by atoms with Crippen LogP contribution < -0.4 is 5.32 Å². The van der Waals surface area contributed by atoms with Gasteiger partial charge < -0.3 is 9.87 Å². The molecule has 1 atom stereocenters. The molecule has 1 saturated carbocycles. The fourth-order valence-electron chi connectivity index (χ4n) is 1.95. The Morgan fingerprint density at radius 2 is 2.00 bits per heavy atom. The van der Waals surface area contributed by atoms with E-state index < -0.39 is 22.8 Å². The van der Waals surface area contributed by atoms with Crippen LogP contribution in [-0.4, -0.2) is 24.6 Å². The van der Waals surface area contributed by atoms with E-state index in [0.29, 0.717) is 5.92 Å². The van der Waals surface area contributed by atoms with Crippen LogP contribution in [0.5, 0.6) is 0 Å². The molecule has 0 radical (unpaired) electrons. The fourth-order valence-corrected chi connectivity index (χ4v) is 2.47. The van der Waals surface area contributed by atoms with Crippen molar-refractivity contribution in [2.75, 3.05) is 5.32 Å². The molecule has 1 aromatic heterocycles. The molecule has 1 aromatic carbocycles. The van der Waals surface area contributed by atoms with Gasteiger partial charge in [-0.3, -0.25) is 4.79 Å². The standard InChI is InChI=1S/C14H12FN3O3S/c15-10-3-4-11(12(5-10)22(20)21)18-14(19)9-6-16-13(17-7-9)8-1-2-8/h3-8H,1-2H2,(H,18,19)(H,20,21). The van der Waals surface area contributed by atoms with Crippen LogP contribution in [-0.2, 0) is 11.1 Å². The lowest BCUT2D eigenvalue weighted by Gasteiger charge is -2.08. The zero-order valence-corrected chi connectivity index (χ0v) is 12.1. The number of benzene rings is 1. The third-order valence-electron chi connectivity index (χ3n) is 3.26. The van der Waals surface area contributed by atoms with Gasteiger partial charge in [-0.1, -0.05) is 0 Å². The predicted octanol–water partition coefficient (Wildman–Crippen LogP) is 2.33. The Balaban J connectivity index is 1.80. The summed E-state index contributed by atoms with van der Waals surface area (Å²) in [5, 5.41) is 2.46. The Labute approximate surface area is 128 Å². The average Bonchev–Trinajstić information content (AvgIpc) is 3.33. The molecular weight excluding hydrogens is 309 g/mol. The van der Waals surface area contributed by atoms with Crippen molar-refractivity contribution in [3.05, 3.63) is 47.8 Å². The minimum Gasteiger partial charge on any atom is -0.321 e. The fraction of sp³-hybridized carbons (Fsp3) is 0.214. The third-order valence-corrected chi connectivity index (χ3v) is 3.97. The van der Waals surface area contributed by atoms with Crippen molar-refractivity contribution in [1.82, 2.24) is 9.97 Å². The van der Waals surface area contributed by atoms with E-state index in [4.69, 9.17) is 4.55 Å². The summed E-state index contributed by atoms with van der Waals surface area (Å²) in [5.41, 5.74) is 0.293. The Hall–Kier alpha value is -2.19. The normalized spacial score (nSPS) is 15.4. The highest BCUT2D eigenvalue weighted by molar-refractivity contribution is 7.79. The molecule has 1 aliphatic carbocycles. The minimum atomic E-state index is -2.41. The molecule has 8 heteroatoms. The van der Waals surface area contributed by atoms with E-state index in [0.717, 1.165) is 30.8 Å². The zero-order valence-electron chi connectivity index (χ0n) is 11.3. The highest BCUT2D eigenvalue weighted by atomic mass is 32.2. The molecule has 1 aliphatic rings.